The molecule has 1 heterocycles. The predicted molar refractivity (Wildman–Crippen MR) is 156 cm³/mol. The molecule has 3 aromatic carbocycles. The quantitative estimate of drug-likeness (QED) is 0.298. The number of hydrogen-bond donors (Lipinski definition) is 1. The number of halogens is 4. The molecule has 212 valence electrons. The molecule has 1 aliphatic heterocycles. The third kappa shape index (κ3) is 6.79. The van der Waals surface area contributed by atoms with Crippen molar-refractivity contribution in [3.8, 4) is 0 Å². The van der Waals surface area contributed by atoms with Crippen LogP contribution in [0.2, 0.25) is 0 Å². The number of alkyl halides is 2. The van der Waals surface area contributed by atoms with Gasteiger partial charge in [0.05, 0.1) is 5.56 Å². The van der Waals surface area contributed by atoms with Gasteiger partial charge in [-0.15, -0.1) is 12.4 Å². The molecule has 0 amide bonds. The van der Waals surface area contributed by atoms with Gasteiger partial charge in [-0.1, -0.05) is 36.4 Å². The van der Waals surface area contributed by atoms with E-state index in [0.29, 0.717) is 12.5 Å². The average molecular weight is 570 g/mol. The van der Waals surface area contributed by atoms with Crippen molar-refractivity contribution >= 4 is 29.5 Å². The predicted octanol–water partition coefficient (Wildman–Crippen LogP) is 8.07. The summed E-state index contributed by atoms with van der Waals surface area (Å²) in [5.74, 6) is -0.744. The zero-order valence-electron chi connectivity index (χ0n) is 22.6. The van der Waals surface area contributed by atoms with E-state index in [0.717, 1.165) is 84.2 Å². The van der Waals surface area contributed by atoms with E-state index >= 15 is 0 Å². The first kappa shape index (κ1) is 29.9. The van der Waals surface area contributed by atoms with Gasteiger partial charge in [0.15, 0.2) is 0 Å². The van der Waals surface area contributed by atoms with Crippen LogP contribution in [-0.2, 0) is 12.8 Å². The Morgan fingerprint density at radius 1 is 1.02 bits per heavy atom. The second kappa shape index (κ2) is 13.0. The Kier molecular flexibility index (Phi) is 9.75. The summed E-state index contributed by atoms with van der Waals surface area (Å²) in [6, 6.07) is 18.8. The van der Waals surface area contributed by atoms with Crippen LogP contribution in [0.3, 0.4) is 0 Å². The molecule has 0 bridgehead atoms. The van der Waals surface area contributed by atoms with Crippen LogP contribution in [0, 0.1) is 18.7 Å². The van der Waals surface area contributed by atoms with Gasteiger partial charge in [0.2, 0.25) is 6.43 Å². The average Bonchev–Trinajstić information content (AvgIpc) is 3.26. The second-order valence-electron chi connectivity index (χ2n) is 10.9. The van der Waals surface area contributed by atoms with Crippen LogP contribution >= 0.6 is 12.4 Å². The summed E-state index contributed by atoms with van der Waals surface area (Å²) in [7, 11) is 0. The maximum atomic E-state index is 14.0. The number of likely N-dealkylation sites (tertiary alicyclic amines) is 1. The van der Waals surface area contributed by atoms with Gasteiger partial charge in [0.1, 0.15) is 5.82 Å². The first-order chi connectivity index (χ1) is 18.8. The number of carbonyl (C=O) groups is 1. The summed E-state index contributed by atoms with van der Waals surface area (Å²) in [5.41, 5.74) is 8.69. The molecule has 3 nitrogen and oxygen atoms in total. The van der Waals surface area contributed by atoms with Crippen LogP contribution < -0.4 is 0 Å². The molecule has 40 heavy (non-hydrogen) atoms. The van der Waals surface area contributed by atoms with E-state index in [-0.39, 0.29) is 30.2 Å². The Balaban J connectivity index is 0.00000370. The zero-order chi connectivity index (χ0) is 27.5. The SMILES string of the molecule is Cc1cc(F)ccc1C1=C(c2ccc(CC3CCN(CCC(F)F)C3)cc2)c2ccc(C(=O)O)cc2CCC1.Cl. The highest BCUT2D eigenvalue weighted by Crippen LogP contribution is 2.41. The number of hydrogen-bond acceptors (Lipinski definition) is 2. The van der Waals surface area contributed by atoms with Crippen LogP contribution in [0.25, 0.3) is 11.1 Å². The fourth-order valence-corrected chi connectivity index (χ4v) is 6.19. The summed E-state index contributed by atoms with van der Waals surface area (Å²) >= 11 is 0. The van der Waals surface area contributed by atoms with Crippen molar-refractivity contribution in [2.24, 2.45) is 5.92 Å². The minimum absolute atomic E-state index is 0. The molecular weight excluding hydrogens is 535 g/mol. The normalized spacial score (nSPS) is 17.5. The van der Waals surface area contributed by atoms with Crippen LogP contribution in [0.4, 0.5) is 13.2 Å². The number of allylic oxidation sites excluding steroid dienone is 1. The number of fused-ring (bicyclic) bond motifs is 1. The van der Waals surface area contributed by atoms with Crippen molar-refractivity contribution in [3.63, 3.8) is 0 Å². The molecular formula is C33H35ClF3NO2. The molecule has 1 saturated heterocycles. The van der Waals surface area contributed by atoms with Crippen molar-refractivity contribution in [1.29, 1.82) is 0 Å². The van der Waals surface area contributed by atoms with Gasteiger partial charge in [-0.25, -0.2) is 18.0 Å². The van der Waals surface area contributed by atoms with Gasteiger partial charge in [-0.2, -0.15) is 0 Å². The monoisotopic (exact) mass is 569 g/mol. The van der Waals surface area contributed by atoms with Crippen molar-refractivity contribution in [2.45, 2.75) is 51.9 Å². The van der Waals surface area contributed by atoms with Gasteiger partial charge in [-0.3, -0.25) is 0 Å². The number of rotatable bonds is 8. The minimum atomic E-state index is -2.25. The molecule has 3 aromatic rings. The van der Waals surface area contributed by atoms with E-state index in [1.807, 2.05) is 19.1 Å². The Morgan fingerprint density at radius 3 is 2.48 bits per heavy atom. The number of carboxylic acid groups (broad SMARTS) is 1. The number of carboxylic acids is 1. The van der Waals surface area contributed by atoms with E-state index in [4.69, 9.17) is 0 Å². The number of aromatic carboxylic acids is 1. The highest BCUT2D eigenvalue weighted by molar-refractivity contribution is 6.01. The Labute approximate surface area is 240 Å². The first-order valence-corrected chi connectivity index (χ1v) is 13.7. The maximum Gasteiger partial charge on any atom is 0.335 e. The van der Waals surface area contributed by atoms with Crippen molar-refractivity contribution in [2.75, 3.05) is 19.6 Å². The standard InChI is InChI=1S/C33H34F3NO2.ClH/c1-21-17-27(34)10-12-28(21)30-4-2-3-25-19-26(33(38)39)9-11-29(25)32(30)24-7-5-22(6-8-24)18-23-13-15-37(20-23)16-14-31(35)36;/h5-12,17,19,23,31H,2-4,13-16,18,20H2,1H3,(H,38,39);1H. The maximum absolute atomic E-state index is 14.0. The topological polar surface area (TPSA) is 40.5 Å². The smallest absolute Gasteiger partial charge is 0.335 e. The van der Waals surface area contributed by atoms with Crippen LogP contribution in [0.1, 0.15) is 69.4 Å². The lowest BCUT2D eigenvalue weighted by atomic mass is 9.85. The third-order valence-electron chi connectivity index (χ3n) is 8.11. The molecule has 1 N–H and O–H groups in total. The van der Waals surface area contributed by atoms with Crippen molar-refractivity contribution in [3.05, 3.63) is 105 Å². The van der Waals surface area contributed by atoms with Gasteiger partial charge < -0.3 is 10.0 Å². The third-order valence-corrected chi connectivity index (χ3v) is 8.11. The molecule has 0 spiro atoms. The first-order valence-electron chi connectivity index (χ1n) is 13.7. The lowest BCUT2D eigenvalue weighted by Gasteiger charge is -2.19. The fraction of sp³-hybridized carbons (Fsp3) is 0.364. The Bertz CT molecular complexity index is 1390. The van der Waals surface area contributed by atoms with Crippen LogP contribution in [0.5, 0.6) is 0 Å². The van der Waals surface area contributed by atoms with Crippen molar-refractivity contribution in [1.82, 2.24) is 4.90 Å². The van der Waals surface area contributed by atoms with E-state index in [9.17, 15) is 23.1 Å². The summed E-state index contributed by atoms with van der Waals surface area (Å²) in [6.45, 7) is 4.11. The Morgan fingerprint density at radius 2 is 1.77 bits per heavy atom. The molecule has 0 radical (unpaired) electrons. The van der Waals surface area contributed by atoms with E-state index in [1.165, 1.54) is 11.6 Å². The van der Waals surface area contributed by atoms with Crippen LogP contribution in [-0.4, -0.2) is 42.0 Å². The molecule has 2 aliphatic rings. The zero-order valence-corrected chi connectivity index (χ0v) is 23.5. The Hall–Kier alpha value is -3.09. The number of benzene rings is 3. The van der Waals surface area contributed by atoms with Crippen LogP contribution in [0.15, 0.2) is 60.7 Å². The number of aryl methyl sites for hydroxylation is 2. The molecule has 7 heteroatoms. The highest BCUT2D eigenvalue weighted by Gasteiger charge is 2.25. The van der Waals surface area contributed by atoms with E-state index in [1.54, 1.807) is 18.2 Å². The van der Waals surface area contributed by atoms with E-state index < -0.39 is 12.4 Å². The largest absolute Gasteiger partial charge is 0.478 e. The summed E-state index contributed by atoms with van der Waals surface area (Å²) in [5, 5.41) is 9.57. The second-order valence-corrected chi connectivity index (χ2v) is 10.9. The molecule has 5 rings (SSSR count). The van der Waals surface area contributed by atoms with Crippen molar-refractivity contribution < 1.29 is 23.1 Å². The molecule has 1 aliphatic carbocycles. The molecule has 0 saturated carbocycles. The fourth-order valence-electron chi connectivity index (χ4n) is 6.19. The van der Waals surface area contributed by atoms with Gasteiger partial charge in [0.25, 0.3) is 0 Å². The van der Waals surface area contributed by atoms with E-state index in [2.05, 4.69) is 29.2 Å². The molecule has 1 atom stereocenters. The highest BCUT2D eigenvalue weighted by atomic mass is 35.5. The molecule has 0 aromatic heterocycles. The summed E-state index contributed by atoms with van der Waals surface area (Å²) in [4.78, 5) is 13.8. The summed E-state index contributed by atoms with van der Waals surface area (Å²) in [6.07, 6.45) is 2.05. The minimum Gasteiger partial charge on any atom is -0.478 e. The van der Waals surface area contributed by atoms with Gasteiger partial charge in [0, 0.05) is 19.5 Å². The lowest BCUT2D eigenvalue weighted by Crippen LogP contribution is -2.23. The molecule has 1 unspecified atom stereocenters. The lowest BCUT2D eigenvalue weighted by molar-refractivity contribution is 0.0696. The summed E-state index contributed by atoms with van der Waals surface area (Å²) < 4.78 is 39.2. The van der Waals surface area contributed by atoms with Gasteiger partial charge >= 0.3 is 5.97 Å². The van der Waals surface area contributed by atoms with Gasteiger partial charge in [-0.05, 0) is 120 Å². The number of nitrogens with zero attached hydrogens (tertiary/aromatic N) is 1. The molecule has 1 fully saturated rings.